The van der Waals surface area contributed by atoms with E-state index in [0.29, 0.717) is 25.9 Å². The van der Waals surface area contributed by atoms with Crippen LogP contribution in [0, 0.1) is 11.8 Å². The van der Waals surface area contributed by atoms with Crippen molar-refractivity contribution in [2.75, 3.05) is 37.3 Å². The third-order valence-corrected chi connectivity index (χ3v) is 7.37. The lowest BCUT2D eigenvalue weighted by molar-refractivity contribution is -0.126. The molecule has 1 amide bonds. The molecule has 0 aliphatic carbocycles. The van der Waals surface area contributed by atoms with Gasteiger partial charge < -0.3 is 10.2 Å². The van der Waals surface area contributed by atoms with Crippen LogP contribution in [-0.2, 0) is 14.8 Å². The van der Waals surface area contributed by atoms with Gasteiger partial charge in [-0.15, -0.1) is 0 Å². The van der Waals surface area contributed by atoms with Crippen LogP contribution in [0.2, 0.25) is 0 Å². The lowest BCUT2D eigenvalue weighted by atomic mass is 9.96. The van der Waals surface area contributed by atoms with Gasteiger partial charge in [0.15, 0.2) is 0 Å². The molecule has 2 aliphatic heterocycles. The number of carbonyl (C=O) groups is 1. The lowest BCUT2D eigenvalue weighted by Crippen LogP contribution is -2.43. The fourth-order valence-electron chi connectivity index (χ4n) is 4.26. The predicted octanol–water partition coefficient (Wildman–Crippen LogP) is 2.77. The molecule has 2 atom stereocenters. The summed E-state index contributed by atoms with van der Waals surface area (Å²) in [6, 6.07) is 8.45. The topological polar surface area (TPSA) is 69.7 Å². The van der Waals surface area contributed by atoms with Crippen molar-refractivity contribution >= 4 is 21.6 Å². The minimum absolute atomic E-state index is 0.0228. The van der Waals surface area contributed by atoms with E-state index in [2.05, 4.69) is 41.4 Å². The van der Waals surface area contributed by atoms with Gasteiger partial charge in [-0.05, 0) is 56.2 Å². The molecule has 0 bridgehead atoms. The van der Waals surface area contributed by atoms with Crippen LogP contribution in [0.15, 0.2) is 24.3 Å². The number of nitrogens with zero attached hydrogens (tertiary/aromatic N) is 2. The highest BCUT2D eigenvalue weighted by Crippen LogP contribution is 2.25. The second kappa shape index (κ2) is 8.82. The molecule has 0 saturated carbocycles. The van der Waals surface area contributed by atoms with Crippen molar-refractivity contribution < 1.29 is 13.2 Å². The summed E-state index contributed by atoms with van der Waals surface area (Å²) in [6.07, 6.45) is 4.94. The van der Waals surface area contributed by atoms with E-state index in [1.165, 1.54) is 29.1 Å². The molecule has 2 fully saturated rings. The van der Waals surface area contributed by atoms with Gasteiger partial charge in [0.05, 0.1) is 12.3 Å². The Morgan fingerprint density at radius 1 is 1.11 bits per heavy atom. The van der Waals surface area contributed by atoms with Gasteiger partial charge >= 0.3 is 0 Å². The van der Waals surface area contributed by atoms with Gasteiger partial charge in [0, 0.05) is 37.8 Å². The Morgan fingerprint density at radius 3 is 2.32 bits per heavy atom. The SMILES string of the molecule is C[C@H]1CCCN(c2ccc([C@H](C)NC(=O)C3CCN(S(C)(=O)=O)CC3)cc2)C1. The number of anilines is 1. The van der Waals surface area contributed by atoms with Crippen LogP contribution in [0.5, 0.6) is 0 Å². The van der Waals surface area contributed by atoms with Crippen molar-refractivity contribution in [2.45, 2.75) is 45.6 Å². The summed E-state index contributed by atoms with van der Waals surface area (Å²) in [5, 5.41) is 3.11. The second-order valence-electron chi connectivity index (χ2n) is 8.45. The number of sulfonamides is 1. The molecule has 2 aliphatic rings. The van der Waals surface area contributed by atoms with Gasteiger partial charge in [0.1, 0.15) is 0 Å². The van der Waals surface area contributed by atoms with E-state index >= 15 is 0 Å². The number of piperidine rings is 2. The predicted molar refractivity (Wildman–Crippen MR) is 113 cm³/mol. The van der Waals surface area contributed by atoms with Gasteiger partial charge in [-0.2, -0.15) is 0 Å². The molecule has 156 valence electrons. The van der Waals surface area contributed by atoms with Crippen molar-refractivity contribution in [3.05, 3.63) is 29.8 Å². The first kappa shape index (κ1) is 21.1. The first-order valence-electron chi connectivity index (χ1n) is 10.3. The van der Waals surface area contributed by atoms with Crippen LogP contribution in [0.4, 0.5) is 5.69 Å². The van der Waals surface area contributed by atoms with Crippen LogP contribution in [0.3, 0.4) is 0 Å². The molecule has 0 unspecified atom stereocenters. The Hall–Kier alpha value is -1.60. The summed E-state index contributed by atoms with van der Waals surface area (Å²) in [5.74, 6) is 0.643. The molecule has 0 aromatic heterocycles. The third-order valence-electron chi connectivity index (χ3n) is 6.07. The molecule has 1 N–H and O–H groups in total. The zero-order valence-electron chi connectivity index (χ0n) is 17.2. The molecule has 3 rings (SSSR count). The Balaban J connectivity index is 1.53. The largest absolute Gasteiger partial charge is 0.371 e. The molecule has 28 heavy (non-hydrogen) atoms. The zero-order valence-corrected chi connectivity index (χ0v) is 18.0. The summed E-state index contributed by atoms with van der Waals surface area (Å²) < 4.78 is 24.7. The summed E-state index contributed by atoms with van der Waals surface area (Å²) >= 11 is 0. The van der Waals surface area contributed by atoms with Gasteiger partial charge in [0.2, 0.25) is 15.9 Å². The van der Waals surface area contributed by atoms with E-state index < -0.39 is 10.0 Å². The average Bonchev–Trinajstić information content (AvgIpc) is 2.67. The third kappa shape index (κ3) is 5.26. The average molecular weight is 408 g/mol. The highest BCUT2D eigenvalue weighted by atomic mass is 32.2. The van der Waals surface area contributed by atoms with Crippen LogP contribution < -0.4 is 10.2 Å². The van der Waals surface area contributed by atoms with E-state index in [1.807, 2.05) is 6.92 Å². The van der Waals surface area contributed by atoms with Crippen molar-refractivity contribution in [3.63, 3.8) is 0 Å². The number of hydrogen-bond donors (Lipinski definition) is 1. The van der Waals surface area contributed by atoms with Crippen molar-refractivity contribution in [3.8, 4) is 0 Å². The molecule has 2 heterocycles. The number of amides is 1. The zero-order chi connectivity index (χ0) is 20.3. The number of nitrogens with one attached hydrogen (secondary N) is 1. The minimum Gasteiger partial charge on any atom is -0.371 e. The van der Waals surface area contributed by atoms with Crippen LogP contribution in [0.1, 0.15) is 51.1 Å². The lowest BCUT2D eigenvalue weighted by Gasteiger charge is -2.33. The van der Waals surface area contributed by atoms with Gasteiger partial charge in [-0.3, -0.25) is 4.79 Å². The normalized spacial score (nSPS) is 23.4. The summed E-state index contributed by atoms with van der Waals surface area (Å²) in [5.41, 5.74) is 2.35. The molecule has 0 radical (unpaired) electrons. The number of rotatable bonds is 5. The standard InChI is InChI=1S/C21H33N3O3S/c1-16-5-4-12-23(15-16)20-8-6-18(7-9-20)17(2)22-21(25)19-10-13-24(14-11-19)28(3,26)27/h6-9,16-17,19H,4-5,10-15H2,1-3H3,(H,22,25)/t16-,17-/m0/s1. The van der Waals surface area contributed by atoms with E-state index in [4.69, 9.17) is 0 Å². The Morgan fingerprint density at radius 2 is 1.75 bits per heavy atom. The molecular weight excluding hydrogens is 374 g/mol. The van der Waals surface area contributed by atoms with Crippen LogP contribution >= 0.6 is 0 Å². The molecule has 2 saturated heterocycles. The van der Waals surface area contributed by atoms with E-state index in [9.17, 15) is 13.2 Å². The van der Waals surface area contributed by atoms with E-state index in [-0.39, 0.29) is 17.9 Å². The Kier molecular flexibility index (Phi) is 6.65. The number of hydrogen-bond acceptors (Lipinski definition) is 4. The number of carbonyl (C=O) groups excluding carboxylic acids is 1. The van der Waals surface area contributed by atoms with Crippen molar-refractivity contribution in [1.82, 2.24) is 9.62 Å². The highest BCUT2D eigenvalue weighted by Gasteiger charge is 2.29. The van der Waals surface area contributed by atoms with Crippen molar-refractivity contribution in [1.29, 1.82) is 0 Å². The molecule has 1 aromatic rings. The monoisotopic (exact) mass is 407 g/mol. The molecule has 7 heteroatoms. The smallest absolute Gasteiger partial charge is 0.223 e. The van der Waals surface area contributed by atoms with Crippen LogP contribution in [-0.4, -0.2) is 51.1 Å². The minimum atomic E-state index is -3.16. The fourth-order valence-corrected chi connectivity index (χ4v) is 5.14. The first-order chi connectivity index (χ1) is 13.2. The quantitative estimate of drug-likeness (QED) is 0.815. The summed E-state index contributed by atoms with van der Waals surface area (Å²) in [4.78, 5) is 15.0. The molecule has 1 aromatic carbocycles. The van der Waals surface area contributed by atoms with Crippen LogP contribution in [0.25, 0.3) is 0 Å². The Bertz CT molecular complexity index is 771. The molecule has 6 nitrogen and oxygen atoms in total. The van der Waals surface area contributed by atoms with Crippen molar-refractivity contribution in [2.24, 2.45) is 11.8 Å². The van der Waals surface area contributed by atoms with Gasteiger partial charge in [0.25, 0.3) is 0 Å². The molecular formula is C21H33N3O3S. The van der Waals surface area contributed by atoms with E-state index in [1.54, 1.807) is 0 Å². The van der Waals surface area contributed by atoms with Gasteiger partial charge in [-0.25, -0.2) is 12.7 Å². The Labute approximate surface area is 169 Å². The second-order valence-corrected chi connectivity index (χ2v) is 10.4. The highest BCUT2D eigenvalue weighted by molar-refractivity contribution is 7.88. The summed E-state index contributed by atoms with van der Waals surface area (Å²) in [7, 11) is -3.16. The molecule has 0 spiro atoms. The van der Waals surface area contributed by atoms with Gasteiger partial charge in [-0.1, -0.05) is 19.1 Å². The maximum absolute atomic E-state index is 12.6. The fraction of sp³-hybridized carbons (Fsp3) is 0.667. The number of benzene rings is 1. The summed E-state index contributed by atoms with van der Waals surface area (Å²) in [6.45, 7) is 7.38. The maximum atomic E-state index is 12.6. The first-order valence-corrected chi connectivity index (χ1v) is 12.2. The maximum Gasteiger partial charge on any atom is 0.223 e. The van der Waals surface area contributed by atoms with E-state index in [0.717, 1.165) is 24.6 Å².